The van der Waals surface area contributed by atoms with Gasteiger partial charge in [0.1, 0.15) is 0 Å². The normalized spacial score (nSPS) is 19.4. The summed E-state index contributed by atoms with van der Waals surface area (Å²) in [6.07, 6.45) is 6.06. The zero-order chi connectivity index (χ0) is 21.5. The molecule has 2 fully saturated rings. The Morgan fingerprint density at radius 1 is 1.10 bits per heavy atom. The predicted octanol–water partition coefficient (Wildman–Crippen LogP) is 2.30. The van der Waals surface area contributed by atoms with E-state index in [1.54, 1.807) is 4.90 Å². The van der Waals surface area contributed by atoms with Gasteiger partial charge in [0.25, 0.3) is 5.91 Å². The third kappa shape index (κ3) is 5.81. The standard InChI is InChI=1S/C22H29N3O5/c1-2-15-8-10-18(11-9-15)25-13-16(12-20(25)27)21(28)30-14-19(26)24-22(29)23-17-6-4-3-5-7-17/h8-11,16-17H,2-7,12-14H2,1H3,(H2,23,24,26,29)/t16-/m1/s1. The van der Waals surface area contributed by atoms with Gasteiger partial charge in [0, 0.05) is 24.7 Å². The number of hydrogen-bond donors (Lipinski definition) is 2. The van der Waals surface area contributed by atoms with Crippen LogP contribution in [-0.4, -0.2) is 43.0 Å². The van der Waals surface area contributed by atoms with Gasteiger partial charge in [-0.2, -0.15) is 0 Å². The molecule has 1 aromatic rings. The van der Waals surface area contributed by atoms with Gasteiger partial charge in [0.05, 0.1) is 5.92 Å². The van der Waals surface area contributed by atoms with Gasteiger partial charge in [-0.05, 0) is 37.0 Å². The van der Waals surface area contributed by atoms with Crippen molar-refractivity contribution in [1.82, 2.24) is 10.6 Å². The Labute approximate surface area is 176 Å². The van der Waals surface area contributed by atoms with Gasteiger partial charge in [0.15, 0.2) is 6.61 Å². The summed E-state index contributed by atoms with van der Waals surface area (Å²) in [6, 6.07) is 7.15. The molecule has 1 aromatic carbocycles. The van der Waals surface area contributed by atoms with Gasteiger partial charge in [-0.3, -0.25) is 19.7 Å². The molecule has 30 heavy (non-hydrogen) atoms. The summed E-state index contributed by atoms with van der Waals surface area (Å²) in [5.41, 5.74) is 1.91. The molecule has 0 spiro atoms. The fourth-order valence-electron chi connectivity index (χ4n) is 3.91. The largest absolute Gasteiger partial charge is 0.455 e. The van der Waals surface area contributed by atoms with Crippen LogP contribution in [0, 0.1) is 5.92 Å². The molecule has 1 heterocycles. The van der Waals surface area contributed by atoms with Crippen LogP contribution in [0.5, 0.6) is 0 Å². The Bertz CT molecular complexity index is 786. The first kappa shape index (κ1) is 21.8. The molecule has 162 valence electrons. The van der Waals surface area contributed by atoms with Crippen molar-refractivity contribution >= 4 is 29.5 Å². The maximum absolute atomic E-state index is 12.3. The quantitative estimate of drug-likeness (QED) is 0.694. The lowest BCUT2D eigenvalue weighted by atomic mass is 9.96. The van der Waals surface area contributed by atoms with E-state index < -0.39 is 30.4 Å². The smallest absolute Gasteiger partial charge is 0.321 e. The second kappa shape index (κ2) is 10.2. The van der Waals surface area contributed by atoms with Crippen molar-refractivity contribution in [3.05, 3.63) is 29.8 Å². The molecule has 2 N–H and O–H groups in total. The molecule has 1 aliphatic heterocycles. The number of nitrogens with zero attached hydrogens (tertiary/aromatic N) is 1. The Morgan fingerprint density at radius 2 is 1.80 bits per heavy atom. The predicted molar refractivity (Wildman–Crippen MR) is 111 cm³/mol. The Kier molecular flexibility index (Phi) is 7.43. The number of esters is 1. The minimum absolute atomic E-state index is 0.0398. The fourth-order valence-corrected chi connectivity index (χ4v) is 3.91. The lowest BCUT2D eigenvalue weighted by Gasteiger charge is -2.22. The molecule has 2 aliphatic rings. The highest BCUT2D eigenvalue weighted by atomic mass is 16.5. The zero-order valence-corrected chi connectivity index (χ0v) is 17.3. The van der Waals surface area contributed by atoms with Crippen LogP contribution >= 0.6 is 0 Å². The van der Waals surface area contributed by atoms with E-state index in [4.69, 9.17) is 4.74 Å². The average Bonchev–Trinajstić information content (AvgIpc) is 3.14. The lowest BCUT2D eigenvalue weighted by Crippen LogP contribution is -2.46. The van der Waals surface area contributed by atoms with Crippen molar-refractivity contribution in [2.24, 2.45) is 5.92 Å². The summed E-state index contributed by atoms with van der Waals surface area (Å²) in [6.45, 7) is 1.72. The highest BCUT2D eigenvalue weighted by Gasteiger charge is 2.36. The maximum atomic E-state index is 12.3. The van der Waals surface area contributed by atoms with Crippen molar-refractivity contribution in [2.75, 3.05) is 18.1 Å². The highest BCUT2D eigenvalue weighted by molar-refractivity contribution is 6.00. The van der Waals surface area contributed by atoms with Crippen LogP contribution in [0.2, 0.25) is 0 Å². The Morgan fingerprint density at radius 3 is 2.47 bits per heavy atom. The molecule has 1 aliphatic carbocycles. The van der Waals surface area contributed by atoms with Crippen LogP contribution in [0.4, 0.5) is 10.5 Å². The molecule has 1 atom stereocenters. The number of carbonyl (C=O) groups excluding carboxylic acids is 4. The maximum Gasteiger partial charge on any atom is 0.321 e. The molecular weight excluding hydrogens is 386 g/mol. The number of ether oxygens (including phenoxy) is 1. The minimum Gasteiger partial charge on any atom is -0.455 e. The van der Waals surface area contributed by atoms with Gasteiger partial charge in [-0.15, -0.1) is 0 Å². The Balaban J connectivity index is 1.42. The molecule has 4 amide bonds. The van der Waals surface area contributed by atoms with Crippen molar-refractivity contribution in [2.45, 2.75) is 57.9 Å². The molecule has 0 aromatic heterocycles. The van der Waals surface area contributed by atoms with E-state index in [0.717, 1.165) is 37.8 Å². The third-order valence-corrected chi connectivity index (χ3v) is 5.65. The average molecular weight is 415 g/mol. The number of amides is 4. The van der Waals surface area contributed by atoms with Gasteiger partial charge >= 0.3 is 12.0 Å². The number of nitrogens with one attached hydrogen (secondary N) is 2. The number of hydrogen-bond acceptors (Lipinski definition) is 5. The Hall–Kier alpha value is -2.90. The van der Waals surface area contributed by atoms with Crippen LogP contribution in [0.25, 0.3) is 0 Å². The third-order valence-electron chi connectivity index (χ3n) is 5.65. The van der Waals surface area contributed by atoms with Gasteiger partial charge < -0.3 is 15.0 Å². The van der Waals surface area contributed by atoms with E-state index in [2.05, 4.69) is 17.6 Å². The SMILES string of the molecule is CCc1ccc(N2C[C@H](C(=O)OCC(=O)NC(=O)NC3CCCCC3)CC2=O)cc1. The summed E-state index contributed by atoms with van der Waals surface area (Å²) < 4.78 is 5.04. The minimum atomic E-state index is -0.687. The van der Waals surface area contributed by atoms with Crippen molar-refractivity contribution in [3.63, 3.8) is 0 Å². The second-order valence-corrected chi connectivity index (χ2v) is 7.89. The van der Waals surface area contributed by atoms with E-state index in [1.165, 1.54) is 12.0 Å². The number of aryl methyl sites for hydroxylation is 1. The molecule has 0 bridgehead atoms. The summed E-state index contributed by atoms with van der Waals surface area (Å²) >= 11 is 0. The second-order valence-electron chi connectivity index (χ2n) is 7.89. The molecule has 0 radical (unpaired) electrons. The van der Waals surface area contributed by atoms with E-state index in [9.17, 15) is 19.2 Å². The van der Waals surface area contributed by atoms with E-state index >= 15 is 0 Å². The summed E-state index contributed by atoms with van der Waals surface area (Å²) in [5.74, 6) is -2.09. The number of imide groups is 1. The molecule has 3 rings (SSSR count). The number of rotatable bonds is 6. The van der Waals surface area contributed by atoms with Gasteiger partial charge in [0.2, 0.25) is 5.91 Å². The first-order valence-electron chi connectivity index (χ1n) is 10.6. The fraction of sp³-hybridized carbons (Fsp3) is 0.545. The van der Waals surface area contributed by atoms with E-state index in [1.807, 2.05) is 24.3 Å². The number of anilines is 1. The van der Waals surface area contributed by atoms with E-state index in [0.29, 0.717) is 0 Å². The summed E-state index contributed by atoms with van der Waals surface area (Å²) in [5, 5.41) is 4.95. The van der Waals surface area contributed by atoms with Gasteiger partial charge in [-0.25, -0.2) is 4.79 Å². The van der Waals surface area contributed by atoms with Crippen molar-refractivity contribution in [3.8, 4) is 0 Å². The molecule has 1 saturated heterocycles. The van der Waals surface area contributed by atoms with Crippen LogP contribution in [0.15, 0.2) is 24.3 Å². The van der Waals surface area contributed by atoms with Crippen LogP contribution in [0.1, 0.15) is 51.0 Å². The molecule has 8 nitrogen and oxygen atoms in total. The van der Waals surface area contributed by atoms with Gasteiger partial charge in [-0.1, -0.05) is 38.3 Å². The molecule has 0 unspecified atom stereocenters. The topological polar surface area (TPSA) is 105 Å². The van der Waals surface area contributed by atoms with Crippen molar-refractivity contribution in [1.29, 1.82) is 0 Å². The van der Waals surface area contributed by atoms with Crippen LogP contribution in [-0.2, 0) is 25.5 Å². The first-order valence-corrected chi connectivity index (χ1v) is 10.6. The lowest BCUT2D eigenvalue weighted by molar-refractivity contribution is -0.152. The summed E-state index contributed by atoms with van der Waals surface area (Å²) in [4.78, 5) is 49.9. The van der Waals surface area contributed by atoms with E-state index in [-0.39, 0.29) is 24.9 Å². The first-order chi connectivity index (χ1) is 14.5. The molecular formula is C22H29N3O5. The zero-order valence-electron chi connectivity index (χ0n) is 17.3. The monoisotopic (exact) mass is 415 g/mol. The number of benzene rings is 1. The summed E-state index contributed by atoms with van der Waals surface area (Å²) in [7, 11) is 0. The van der Waals surface area contributed by atoms with Crippen molar-refractivity contribution < 1.29 is 23.9 Å². The highest BCUT2D eigenvalue weighted by Crippen LogP contribution is 2.26. The number of carbonyl (C=O) groups is 4. The molecule has 8 heteroatoms. The van der Waals surface area contributed by atoms with Crippen LogP contribution in [0.3, 0.4) is 0 Å². The number of urea groups is 1. The van der Waals surface area contributed by atoms with Crippen LogP contribution < -0.4 is 15.5 Å². The molecule has 1 saturated carbocycles.